The van der Waals surface area contributed by atoms with E-state index in [1.807, 2.05) is 21.0 Å². The van der Waals surface area contributed by atoms with Crippen LogP contribution in [0.3, 0.4) is 0 Å². The zero-order chi connectivity index (χ0) is 10.7. The average molecular weight is 190 g/mol. The van der Waals surface area contributed by atoms with Crippen LogP contribution in [0.5, 0.6) is 0 Å². The third kappa shape index (κ3) is 2.15. The molecule has 76 valence electrons. The molecule has 0 amide bonds. The normalized spacial score (nSPS) is 10.0. The van der Waals surface area contributed by atoms with Gasteiger partial charge in [-0.25, -0.2) is 0 Å². The Bertz CT molecular complexity index is 340. The minimum Gasteiger partial charge on any atom is -0.377 e. The molecule has 0 aliphatic carbocycles. The Morgan fingerprint density at radius 1 is 1.43 bits per heavy atom. The monoisotopic (exact) mass is 190 g/mol. The van der Waals surface area contributed by atoms with Crippen molar-refractivity contribution in [2.75, 3.05) is 19.0 Å². The van der Waals surface area contributed by atoms with Crippen molar-refractivity contribution in [3.63, 3.8) is 0 Å². The van der Waals surface area contributed by atoms with Gasteiger partial charge in [-0.15, -0.1) is 0 Å². The van der Waals surface area contributed by atoms with E-state index in [0.717, 1.165) is 11.1 Å². The first kappa shape index (κ1) is 10.8. The van der Waals surface area contributed by atoms with E-state index in [1.165, 1.54) is 11.3 Å². The maximum absolute atomic E-state index is 5.60. The van der Waals surface area contributed by atoms with Gasteiger partial charge in [-0.05, 0) is 30.2 Å². The van der Waals surface area contributed by atoms with Crippen LogP contribution in [0.4, 0.5) is 5.69 Å². The van der Waals surface area contributed by atoms with E-state index in [1.54, 1.807) is 0 Å². The summed E-state index contributed by atoms with van der Waals surface area (Å²) in [6, 6.07) is 6.26. The number of hydrogen-bond donors (Lipinski definition) is 1. The summed E-state index contributed by atoms with van der Waals surface area (Å²) < 4.78 is 0. The number of nitrogens with zero attached hydrogens (tertiary/aromatic N) is 1. The van der Waals surface area contributed by atoms with Crippen LogP contribution in [0.15, 0.2) is 24.8 Å². The first-order valence-electron chi connectivity index (χ1n) is 4.72. The summed E-state index contributed by atoms with van der Waals surface area (Å²) >= 11 is 0. The molecule has 0 saturated heterocycles. The van der Waals surface area contributed by atoms with Crippen molar-refractivity contribution in [1.29, 1.82) is 0 Å². The lowest BCUT2D eigenvalue weighted by Crippen LogP contribution is -2.11. The fourth-order valence-electron chi connectivity index (χ4n) is 1.44. The Labute approximate surface area is 86.0 Å². The second-order valence-corrected chi connectivity index (χ2v) is 3.73. The molecule has 1 aromatic rings. The van der Waals surface area contributed by atoms with Crippen LogP contribution in [0.25, 0.3) is 5.57 Å². The van der Waals surface area contributed by atoms with Gasteiger partial charge < -0.3 is 10.6 Å². The van der Waals surface area contributed by atoms with Crippen LogP contribution in [-0.2, 0) is 6.54 Å². The lowest BCUT2D eigenvalue weighted by Gasteiger charge is -2.18. The summed E-state index contributed by atoms with van der Waals surface area (Å²) in [5, 5.41) is 0. The summed E-state index contributed by atoms with van der Waals surface area (Å²) in [5.74, 6) is 0. The summed E-state index contributed by atoms with van der Waals surface area (Å²) in [7, 11) is 4.06. The average Bonchev–Trinajstić information content (AvgIpc) is 2.16. The van der Waals surface area contributed by atoms with Crippen molar-refractivity contribution >= 4 is 11.3 Å². The van der Waals surface area contributed by atoms with Crippen molar-refractivity contribution in [2.24, 2.45) is 5.73 Å². The molecule has 14 heavy (non-hydrogen) atoms. The standard InChI is InChI=1S/C12H18N2/c1-9(2)11-7-10(8-13)5-6-12(11)14(3)4/h5-7H,1,8,13H2,2-4H3. The number of anilines is 1. The molecule has 2 nitrogen and oxygen atoms in total. The smallest absolute Gasteiger partial charge is 0.0437 e. The molecule has 2 heteroatoms. The van der Waals surface area contributed by atoms with Crippen molar-refractivity contribution in [2.45, 2.75) is 13.5 Å². The Morgan fingerprint density at radius 3 is 2.50 bits per heavy atom. The van der Waals surface area contributed by atoms with E-state index in [2.05, 4.69) is 29.7 Å². The lowest BCUT2D eigenvalue weighted by atomic mass is 10.0. The molecule has 2 N–H and O–H groups in total. The van der Waals surface area contributed by atoms with E-state index < -0.39 is 0 Å². The second kappa shape index (κ2) is 4.29. The number of nitrogens with two attached hydrogens (primary N) is 1. The maximum atomic E-state index is 5.60. The summed E-state index contributed by atoms with van der Waals surface area (Å²) in [5.41, 5.74) is 10.2. The topological polar surface area (TPSA) is 29.3 Å². The Hall–Kier alpha value is -1.28. The molecule has 0 bridgehead atoms. The molecule has 0 unspecified atom stereocenters. The van der Waals surface area contributed by atoms with E-state index >= 15 is 0 Å². The Balaban J connectivity index is 3.24. The van der Waals surface area contributed by atoms with E-state index in [9.17, 15) is 0 Å². The lowest BCUT2D eigenvalue weighted by molar-refractivity contribution is 1.06. The van der Waals surface area contributed by atoms with Gasteiger partial charge in [0.25, 0.3) is 0 Å². The minimum atomic E-state index is 0.577. The van der Waals surface area contributed by atoms with Gasteiger partial charge in [-0.2, -0.15) is 0 Å². The second-order valence-electron chi connectivity index (χ2n) is 3.73. The Morgan fingerprint density at radius 2 is 2.07 bits per heavy atom. The highest BCUT2D eigenvalue weighted by molar-refractivity contribution is 5.74. The van der Waals surface area contributed by atoms with E-state index in [4.69, 9.17) is 5.73 Å². The van der Waals surface area contributed by atoms with Crippen molar-refractivity contribution in [3.05, 3.63) is 35.9 Å². The first-order chi connectivity index (χ1) is 6.56. The fourth-order valence-corrected chi connectivity index (χ4v) is 1.44. The highest BCUT2D eigenvalue weighted by Gasteiger charge is 2.05. The highest BCUT2D eigenvalue weighted by Crippen LogP contribution is 2.25. The molecule has 0 heterocycles. The summed E-state index contributed by atoms with van der Waals surface area (Å²) in [6.45, 7) is 6.57. The van der Waals surface area contributed by atoms with Gasteiger partial charge in [0.2, 0.25) is 0 Å². The predicted molar refractivity (Wildman–Crippen MR) is 63.4 cm³/mol. The van der Waals surface area contributed by atoms with Crippen LogP contribution in [-0.4, -0.2) is 14.1 Å². The molecule has 0 aliphatic rings. The third-order valence-electron chi connectivity index (χ3n) is 2.24. The van der Waals surface area contributed by atoms with Gasteiger partial charge in [0, 0.05) is 31.9 Å². The molecule has 0 radical (unpaired) electrons. The molecule has 0 spiro atoms. The SMILES string of the molecule is C=C(C)c1cc(CN)ccc1N(C)C. The van der Waals surface area contributed by atoms with Crippen molar-refractivity contribution in [3.8, 4) is 0 Å². The van der Waals surface area contributed by atoms with Gasteiger partial charge in [-0.1, -0.05) is 12.6 Å². The summed E-state index contributed by atoms with van der Waals surface area (Å²) in [6.07, 6.45) is 0. The van der Waals surface area contributed by atoms with Gasteiger partial charge in [-0.3, -0.25) is 0 Å². The molecule has 0 aromatic heterocycles. The largest absolute Gasteiger partial charge is 0.377 e. The predicted octanol–water partition coefficient (Wildman–Crippen LogP) is 2.24. The Kier molecular flexibility index (Phi) is 3.31. The molecular formula is C12H18N2. The van der Waals surface area contributed by atoms with Crippen molar-refractivity contribution in [1.82, 2.24) is 0 Å². The van der Waals surface area contributed by atoms with Crippen LogP contribution in [0.2, 0.25) is 0 Å². The third-order valence-corrected chi connectivity index (χ3v) is 2.24. The van der Waals surface area contributed by atoms with Crippen LogP contribution >= 0.6 is 0 Å². The number of hydrogen-bond acceptors (Lipinski definition) is 2. The molecule has 0 fully saturated rings. The number of benzene rings is 1. The van der Waals surface area contributed by atoms with Crippen LogP contribution in [0, 0.1) is 0 Å². The fraction of sp³-hybridized carbons (Fsp3) is 0.333. The number of allylic oxidation sites excluding steroid dienone is 1. The highest BCUT2D eigenvalue weighted by atomic mass is 15.1. The molecule has 1 aromatic carbocycles. The molecule has 0 saturated carbocycles. The zero-order valence-electron chi connectivity index (χ0n) is 9.17. The zero-order valence-corrected chi connectivity index (χ0v) is 9.17. The summed E-state index contributed by atoms with van der Waals surface area (Å²) in [4.78, 5) is 2.09. The van der Waals surface area contributed by atoms with Gasteiger partial charge >= 0.3 is 0 Å². The van der Waals surface area contributed by atoms with Gasteiger partial charge in [0.05, 0.1) is 0 Å². The van der Waals surface area contributed by atoms with Crippen LogP contribution in [0.1, 0.15) is 18.1 Å². The molecule has 1 rings (SSSR count). The van der Waals surface area contributed by atoms with E-state index in [0.29, 0.717) is 6.54 Å². The van der Waals surface area contributed by atoms with Gasteiger partial charge in [0.15, 0.2) is 0 Å². The van der Waals surface area contributed by atoms with Gasteiger partial charge in [0.1, 0.15) is 0 Å². The molecule has 0 aliphatic heterocycles. The first-order valence-corrected chi connectivity index (χ1v) is 4.72. The minimum absolute atomic E-state index is 0.577. The van der Waals surface area contributed by atoms with E-state index in [-0.39, 0.29) is 0 Å². The molecular weight excluding hydrogens is 172 g/mol. The van der Waals surface area contributed by atoms with Crippen LogP contribution < -0.4 is 10.6 Å². The quantitative estimate of drug-likeness (QED) is 0.792. The number of rotatable bonds is 3. The van der Waals surface area contributed by atoms with Crippen molar-refractivity contribution < 1.29 is 0 Å². The maximum Gasteiger partial charge on any atom is 0.0437 e. The molecule has 0 atom stereocenters.